The van der Waals surface area contributed by atoms with Gasteiger partial charge in [-0.25, -0.2) is 0 Å². The van der Waals surface area contributed by atoms with Crippen LogP contribution in [0, 0.1) is 6.92 Å². The number of nitrogens with one attached hydrogen (secondary N) is 1. The second kappa shape index (κ2) is 7.36. The summed E-state index contributed by atoms with van der Waals surface area (Å²) in [6.07, 6.45) is 2.69. The van der Waals surface area contributed by atoms with Gasteiger partial charge in [0.15, 0.2) is 0 Å². The maximum Gasteiger partial charge on any atom is 0.129 e. The summed E-state index contributed by atoms with van der Waals surface area (Å²) in [6, 6.07) is 8.15. The van der Waals surface area contributed by atoms with E-state index in [1.165, 1.54) is 9.75 Å². The molecule has 0 aromatic carbocycles. The first-order valence-corrected chi connectivity index (χ1v) is 7.02. The van der Waals surface area contributed by atoms with E-state index in [1.807, 2.05) is 23.5 Å². The van der Waals surface area contributed by atoms with Crippen LogP contribution in [0.1, 0.15) is 21.9 Å². The molecule has 4 heteroatoms. The zero-order valence-corrected chi connectivity index (χ0v) is 11.5. The van der Waals surface area contributed by atoms with Crippen LogP contribution < -0.4 is 5.32 Å². The number of ether oxygens (including phenoxy) is 1. The molecule has 0 saturated heterocycles. The molecule has 0 saturated carbocycles. The predicted molar refractivity (Wildman–Crippen MR) is 73.7 cm³/mol. The highest BCUT2D eigenvalue weighted by molar-refractivity contribution is 7.11. The monoisotopic (exact) mass is 265 g/mol. The minimum Gasteiger partial charge on any atom is -0.467 e. The van der Waals surface area contributed by atoms with Crippen molar-refractivity contribution < 1.29 is 9.15 Å². The Morgan fingerprint density at radius 1 is 1.33 bits per heavy atom. The zero-order chi connectivity index (χ0) is 12.6. The molecule has 0 aliphatic heterocycles. The Labute approximate surface area is 112 Å². The SMILES string of the molecule is Cc1ccc(CNCCCOCc2ccco2)s1. The van der Waals surface area contributed by atoms with Crippen molar-refractivity contribution in [2.24, 2.45) is 0 Å². The van der Waals surface area contributed by atoms with Crippen molar-refractivity contribution in [1.82, 2.24) is 5.32 Å². The van der Waals surface area contributed by atoms with Crippen molar-refractivity contribution in [2.75, 3.05) is 13.2 Å². The van der Waals surface area contributed by atoms with Gasteiger partial charge in [0.2, 0.25) is 0 Å². The van der Waals surface area contributed by atoms with E-state index in [-0.39, 0.29) is 0 Å². The lowest BCUT2D eigenvalue weighted by Crippen LogP contribution is -2.15. The fourth-order valence-electron chi connectivity index (χ4n) is 1.66. The van der Waals surface area contributed by atoms with Gasteiger partial charge in [0.1, 0.15) is 12.4 Å². The maximum atomic E-state index is 5.50. The topological polar surface area (TPSA) is 34.4 Å². The molecule has 1 N–H and O–H groups in total. The van der Waals surface area contributed by atoms with Crippen molar-refractivity contribution in [3.63, 3.8) is 0 Å². The Kier molecular flexibility index (Phi) is 5.45. The first-order valence-electron chi connectivity index (χ1n) is 6.21. The third-order valence-corrected chi connectivity index (χ3v) is 3.56. The molecule has 0 spiro atoms. The minimum absolute atomic E-state index is 0.567. The van der Waals surface area contributed by atoms with Crippen LogP contribution in [0.25, 0.3) is 0 Å². The molecule has 2 rings (SSSR count). The summed E-state index contributed by atoms with van der Waals surface area (Å²) in [5.41, 5.74) is 0. The molecule has 2 heterocycles. The molecule has 0 bridgehead atoms. The van der Waals surface area contributed by atoms with Crippen molar-refractivity contribution >= 4 is 11.3 Å². The molecule has 2 aromatic rings. The molecule has 0 aliphatic carbocycles. The summed E-state index contributed by atoms with van der Waals surface area (Å²) in [5, 5.41) is 3.42. The molecule has 2 aromatic heterocycles. The van der Waals surface area contributed by atoms with E-state index in [4.69, 9.17) is 9.15 Å². The molecule has 0 aliphatic rings. The number of furan rings is 1. The number of aryl methyl sites for hydroxylation is 1. The van der Waals surface area contributed by atoms with E-state index < -0.39 is 0 Å². The van der Waals surface area contributed by atoms with E-state index in [0.29, 0.717) is 6.61 Å². The second-order valence-electron chi connectivity index (χ2n) is 4.17. The summed E-state index contributed by atoms with van der Waals surface area (Å²) in [7, 11) is 0. The molecule has 18 heavy (non-hydrogen) atoms. The lowest BCUT2D eigenvalue weighted by Gasteiger charge is -2.04. The van der Waals surface area contributed by atoms with E-state index in [2.05, 4.69) is 24.4 Å². The van der Waals surface area contributed by atoms with Gasteiger partial charge in [-0.2, -0.15) is 0 Å². The molecule has 98 valence electrons. The quantitative estimate of drug-likeness (QED) is 0.743. The van der Waals surface area contributed by atoms with Gasteiger partial charge >= 0.3 is 0 Å². The third kappa shape index (κ3) is 4.64. The maximum absolute atomic E-state index is 5.50. The van der Waals surface area contributed by atoms with Gasteiger partial charge in [-0.3, -0.25) is 0 Å². The predicted octanol–water partition coefficient (Wildman–Crippen LogP) is 3.35. The summed E-state index contributed by atoms with van der Waals surface area (Å²) >= 11 is 1.85. The van der Waals surface area contributed by atoms with Gasteiger partial charge in [0, 0.05) is 22.9 Å². The van der Waals surface area contributed by atoms with E-state index >= 15 is 0 Å². The molecular formula is C14H19NO2S. The van der Waals surface area contributed by atoms with Crippen LogP contribution in [0.2, 0.25) is 0 Å². The Bertz CT molecular complexity index is 436. The lowest BCUT2D eigenvalue weighted by atomic mass is 10.4. The molecule has 0 atom stereocenters. The van der Waals surface area contributed by atoms with Gasteiger partial charge in [-0.15, -0.1) is 11.3 Å². The van der Waals surface area contributed by atoms with Crippen molar-refractivity contribution in [1.29, 1.82) is 0 Å². The molecule has 0 radical (unpaired) electrons. The van der Waals surface area contributed by atoms with E-state index in [1.54, 1.807) is 6.26 Å². The van der Waals surface area contributed by atoms with Gasteiger partial charge in [0.25, 0.3) is 0 Å². The largest absolute Gasteiger partial charge is 0.467 e. The van der Waals surface area contributed by atoms with Crippen LogP contribution >= 0.6 is 11.3 Å². The number of thiophene rings is 1. The van der Waals surface area contributed by atoms with Crippen molar-refractivity contribution in [3.05, 3.63) is 46.0 Å². The lowest BCUT2D eigenvalue weighted by molar-refractivity contribution is 0.104. The Hall–Kier alpha value is -1.10. The fourth-order valence-corrected chi connectivity index (χ4v) is 2.52. The van der Waals surface area contributed by atoms with Crippen LogP contribution in [0.15, 0.2) is 34.9 Å². The molecule has 0 fully saturated rings. The summed E-state index contributed by atoms with van der Waals surface area (Å²) in [6.45, 7) is 5.40. The van der Waals surface area contributed by atoms with Crippen molar-refractivity contribution in [3.8, 4) is 0 Å². The van der Waals surface area contributed by atoms with E-state index in [9.17, 15) is 0 Å². The number of rotatable bonds is 8. The van der Waals surface area contributed by atoms with E-state index in [0.717, 1.165) is 31.9 Å². The Morgan fingerprint density at radius 3 is 3.00 bits per heavy atom. The van der Waals surface area contributed by atoms with Gasteiger partial charge in [0.05, 0.1) is 6.26 Å². The molecule has 3 nitrogen and oxygen atoms in total. The van der Waals surface area contributed by atoms with Crippen LogP contribution in [0.3, 0.4) is 0 Å². The fraction of sp³-hybridized carbons (Fsp3) is 0.429. The molecular weight excluding hydrogens is 246 g/mol. The van der Waals surface area contributed by atoms with Gasteiger partial charge < -0.3 is 14.5 Å². The highest BCUT2D eigenvalue weighted by atomic mass is 32.1. The first-order chi connectivity index (χ1) is 8.84. The summed E-state index contributed by atoms with van der Waals surface area (Å²) < 4.78 is 10.7. The number of hydrogen-bond acceptors (Lipinski definition) is 4. The molecule has 0 amide bonds. The normalized spacial score (nSPS) is 10.9. The van der Waals surface area contributed by atoms with Crippen LogP contribution in [-0.2, 0) is 17.9 Å². The summed E-state index contributed by atoms with van der Waals surface area (Å²) in [4.78, 5) is 2.76. The average molecular weight is 265 g/mol. The zero-order valence-electron chi connectivity index (χ0n) is 10.6. The number of hydrogen-bond donors (Lipinski definition) is 1. The minimum atomic E-state index is 0.567. The van der Waals surface area contributed by atoms with Crippen LogP contribution in [-0.4, -0.2) is 13.2 Å². The highest BCUT2D eigenvalue weighted by Crippen LogP contribution is 2.14. The Morgan fingerprint density at radius 2 is 2.28 bits per heavy atom. The van der Waals surface area contributed by atoms with Gasteiger partial charge in [-0.05, 0) is 44.2 Å². The molecule has 0 unspecified atom stereocenters. The Balaban J connectivity index is 1.46. The van der Waals surface area contributed by atoms with Gasteiger partial charge in [-0.1, -0.05) is 0 Å². The van der Waals surface area contributed by atoms with Crippen molar-refractivity contribution in [2.45, 2.75) is 26.5 Å². The first kappa shape index (κ1) is 13.3. The standard InChI is InChI=1S/C14H19NO2S/c1-12-5-6-14(18-12)10-15-7-3-8-16-11-13-4-2-9-17-13/h2,4-6,9,15H,3,7-8,10-11H2,1H3. The smallest absolute Gasteiger partial charge is 0.129 e. The second-order valence-corrected chi connectivity index (χ2v) is 5.55. The van der Waals surface area contributed by atoms with Crippen LogP contribution in [0.4, 0.5) is 0 Å². The van der Waals surface area contributed by atoms with Crippen LogP contribution in [0.5, 0.6) is 0 Å². The average Bonchev–Trinajstić information content (AvgIpc) is 3.00. The summed E-state index contributed by atoms with van der Waals surface area (Å²) in [5.74, 6) is 0.886. The third-order valence-electron chi connectivity index (χ3n) is 2.56. The highest BCUT2D eigenvalue weighted by Gasteiger charge is 1.97.